The Kier molecular flexibility index (Phi) is 9.50. The van der Waals surface area contributed by atoms with Gasteiger partial charge < -0.3 is 16.0 Å². The average Bonchev–Trinajstić information content (AvgIpc) is 3.19. The fourth-order valence-corrected chi connectivity index (χ4v) is 5.85. The number of rotatable bonds is 10. The predicted molar refractivity (Wildman–Crippen MR) is 182 cm³/mol. The van der Waals surface area contributed by atoms with Crippen LogP contribution in [0.5, 0.6) is 0 Å². The number of carbonyl (C=O) groups excluding carboxylic acids is 3. The molecule has 0 fully saturated rings. The third-order valence-corrected chi connectivity index (χ3v) is 8.43. The molecular weight excluding hydrogens is 591 g/mol. The van der Waals surface area contributed by atoms with Gasteiger partial charge in [0.1, 0.15) is 11.7 Å². The van der Waals surface area contributed by atoms with Gasteiger partial charge in [0.25, 0.3) is 0 Å². The molecule has 1 atom stereocenters. The Balaban J connectivity index is 1.30. The van der Waals surface area contributed by atoms with Gasteiger partial charge in [-0.2, -0.15) is 0 Å². The van der Waals surface area contributed by atoms with Crippen LogP contribution in [0.1, 0.15) is 23.1 Å². The first kappa shape index (κ1) is 31.4. The van der Waals surface area contributed by atoms with Gasteiger partial charge >= 0.3 is 0 Å². The van der Waals surface area contributed by atoms with E-state index < -0.39 is 29.5 Å². The van der Waals surface area contributed by atoms with Gasteiger partial charge in [0, 0.05) is 37.3 Å². The SMILES string of the molecule is NCc1ccc(N2C(=O)C(CC(=O)NCc3ccccc3F)C(=O)N(CCc3ccc(-c4ccccc4)cc3)c3ccccc32)cc1. The van der Waals surface area contributed by atoms with Crippen molar-refractivity contribution in [3.8, 4) is 11.1 Å². The Labute approximate surface area is 273 Å². The number of carbonyl (C=O) groups is 3. The van der Waals surface area contributed by atoms with Gasteiger partial charge in [-0.1, -0.05) is 97.1 Å². The molecule has 0 radical (unpaired) electrons. The van der Waals surface area contributed by atoms with Crippen LogP contribution in [0, 0.1) is 11.7 Å². The molecule has 0 bridgehead atoms. The lowest BCUT2D eigenvalue weighted by Gasteiger charge is -2.26. The molecule has 6 rings (SSSR count). The molecule has 0 spiro atoms. The van der Waals surface area contributed by atoms with Crippen molar-refractivity contribution in [3.63, 3.8) is 0 Å². The van der Waals surface area contributed by atoms with E-state index in [0.29, 0.717) is 42.1 Å². The van der Waals surface area contributed by atoms with Crippen LogP contribution in [0.4, 0.5) is 21.5 Å². The van der Waals surface area contributed by atoms with Crippen LogP contribution >= 0.6 is 0 Å². The van der Waals surface area contributed by atoms with Crippen molar-refractivity contribution in [1.29, 1.82) is 0 Å². The fraction of sp³-hybridized carbons (Fsp3) is 0.154. The molecule has 7 nitrogen and oxygen atoms in total. The van der Waals surface area contributed by atoms with Crippen molar-refractivity contribution in [2.45, 2.75) is 25.9 Å². The van der Waals surface area contributed by atoms with E-state index in [1.54, 1.807) is 41.3 Å². The number of fused-ring (bicyclic) bond motifs is 1. The number of benzene rings is 5. The molecule has 236 valence electrons. The monoisotopic (exact) mass is 626 g/mol. The van der Waals surface area contributed by atoms with Crippen LogP contribution < -0.4 is 20.9 Å². The topological polar surface area (TPSA) is 95.7 Å². The summed E-state index contributed by atoms with van der Waals surface area (Å²) in [5.41, 5.74) is 11.9. The number of hydrogen-bond donors (Lipinski definition) is 2. The van der Waals surface area contributed by atoms with Gasteiger partial charge in [-0.3, -0.25) is 19.3 Å². The molecule has 0 aromatic heterocycles. The van der Waals surface area contributed by atoms with Crippen LogP contribution in [-0.4, -0.2) is 24.3 Å². The first-order chi connectivity index (χ1) is 22.9. The molecule has 1 unspecified atom stereocenters. The van der Waals surface area contributed by atoms with Gasteiger partial charge in [-0.05, 0) is 59.0 Å². The van der Waals surface area contributed by atoms with E-state index in [1.165, 1.54) is 11.0 Å². The minimum Gasteiger partial charge on any atom is -0.352 e. The fourth-order valence-electron chi connectivity index (χ4n) is 5.85. The highest BCUT2D eigenvalue weighted by Gasteiger charge is 2.41. The molecule has 1 aliphatic rings. The Morgan fingerprint density at radius 2 is 1.32 bits per heavy atom. The van der Waals surface area contributed by atoms with E-state index in [4.69, 9.17) is 5.73 Å². The summed E-state index contributed by atoms with van der Waals surface area (Å²) in [4.78, 5) is 45.1. The highest BCUT2D eigenvalue weighted by Crippen LogP contribution is 2.40. The minimum absolute atomic E-state index is 0.0617. The summed E-state index contributed by atoms with van der Waals surface area (Å²) in [6.45, 7) is 0.573. The van der Waals surface area contributed by atoms with Crippen molar-refractivity contribution in [3.05, 3.63) is 150 Å². The highest BCUT2D eigenvalue weighted by molar-refractivity contribution is 6.21. The number of hydrogen-bond acceptors (Lipinski definition) is 4. The van der Waals surface area contributed by atoms with E-state index in [0.717, 1.165) is 22.3 Å². The van der Waals surface area contributed by atoms with E-state index in [-0.39, 0.29) is 13.0 Å². The second-order valence-electron chi connectivity index (χ2n) is 11.5. The van der Waals surface area contributed by atoms with Gasteiger partial charge in [0.2, 0.25) is 17.7 Å². The van der Waals surface area contributed by atoms with Crippen molar-refractivity contribution in [2.75, 3.05) is 16.3 Å². The van der Waals surface area contributed by atoms with Crippen molar-refractivity contribution in [1.82, 2.24) is 5.32 Å². The summed E-state index contributed by atoms with van der Waals surface area (Å²) in [6.07, 6.45) is 0.139. The highest BCUT2D eigenvalue weighted by atomic mass is 19.1. The first-order valence-electron chi connectivity index (χ1n) is 15.6. The van der Waals surface area contributed by atoms with Crippen LogP contribution in [0.2, 0.25) is 0 Å². The number of nitrogens with zero attached hydrogens (tertiary/aromatic N) is 2. The van der Waals surface area contributed by atoms with Gasteiger partial charge in [-0.25, -0.2) is 4.39 Å². The Bertz CT molecular complexity index is 1880. The third-order valence-electron chi connectivity index (χ3n) is 8.43. The quantitative estimate of drug-likeness (QED) is 0.172. The molecule has 3 N–H and O–H groups in total. The molecule has 47 heavy (non-hydrogen) atoms. The zero-order valence-electron chi connectivity index (χ0n) is 25.8. The van der Waals surface area contributed by atoms with E-state index in [9.17, 15) is 18.8 Å². The molecular formula is C39H35FN4O3. The number of amides is 3. The zero-order valence-corrected chi connectivity index (χ0v) is 25.8. The number of nitrogens with two attached hydrogens (primary N) is 1. The number of para-hydroxylation sites is 2. The summed E-state index contributed by atoms with van der Waals surface area (Å²) in [5.74, 6) is -3.26. The lowest BCUT2D eigenvalue weighted by molar-refractivity contribution is -0.136. The Morgan fingerprint density at radius 3 is 2.02 bits per heavy atom. The van der Waals surface area contributed by atoms with Gasteiger partial charge in [-0.15, -0.1) is 0 Å². The Hall–Kier alpha value is -5.60. The molecule has 3 amide bonds. The number of halogens is 1. The van der Waals surface area contributed by atoms with Crippen LogP contribution in [0.3, 0.4) is 0 Å². The maximum Gasteiger partial charge on any atom is 0.244 e. The molecule has 5 aromatic rings. The average molecular weight is 627 g/mol. The van der Waals surface area contributed by atoms with Crippen LogP contribution in [0.15, 0.2) is 127 Å². The predicted octanol–water partition coefficient (Wildman–Crippen LogP) is 6.53. The summed E-state index contributed by atoms with van der Waals surface area (Å²) in [7, 11) is 0. The minimum atomic E-state index is -1.31. The molecule has 1 aliphatic heterocycles. The van der Waals surface area contributed by atoms with E-state index >= 15 is 0 Å². The van der Waals surface area contributed by atoms with E-state index in [2.05, 4.69) is 29.6 Å². The van der Waals surface area contributed by atoms with Crippen LogP contribution in [0.25, 0.3) is 11.1 Å². The normalized spacial score (nSPS) is 14.5. The molecule has 8 heteroatoms. The second-order valence-corrected chi connectivity index (χ2v) is 11.5. The summed E-state index contributed by atoms with van der Waals surface area (Å²) in [5, 5.41) is 2.70. The molecule has 0 saturated carbocycles. The van der Waals surface area contributed by atoms with Gasteiger partial charge in [0.05, 0.1) is 11.4 Å². The first-order valence-corrected chi connectivity index (χ1v) is 15.6. The third kappa shape index (κ3) is 6.98. The van der Waals surface area contributed by atoms with Crippen LogP contribution in [-0.2, 0) is 33.9 Å². The largest absolute Gasteiger partial charge is 0.352 e. The standard InChI is InChI=1S/C39H35FN4O3/c40-34-11-5-4-10-31(34)26-42-37(45)24-33-38(46)43(23-22-27-14-18-30(19-15-27)29-8-2-1-3-9-29)35-12-6-7-13-36(35)44(39(33)47)32-20-16-28(25-41)17-21-32/h1-21,33H,22-26,41H2,(H,42,45). The Morgan fingerprint density at radius 1 is 0.702 bits per heavy atom. The summed E-state index contributed by atoms with van der Waals surface area (Å²) >= 11 is 0. The lowest BCUT2D eigenvalue weighted by atomic mass is 10.00. The zero-order chi connectivity index (χ0) is 32.8. The molecule has 0 saturated heterocycles. The molecule has 5 aromatic carbocycles. The lowest BCUT2D eigenvalue weighted by Crippen LogP contribution is -2.44. The number of anilines is 3. The van der Waals surface area contributed by atoms with Crippen molar-refractivity contribution >= 4 is 34.8 Å². The van der Waals surface area contributed by atoms with Gasteiger partial charge in [0.15, 0.2) is 0 Å². The van der Waals surface area contributed by atoms with E-state index in [1.807, 2.05) is 60.7 Å². The maximum absolute atomic E-state index is 14.3. The smallest absolute Gasteiger partial charge is 0.244 e. The molecule has 1 heterocycles. The van der Waals surface area contributed by atoms with Crippen molar-refractivity contribution in [2.24, 2.45) is 11.7 Å². The molecule has 0 aliphatic carbocycles. The second kappa shape index (κ2) is 14.2. The summed E-state index contributed by atoms with van der Waals surface area (Å²) < 4.78 is 14.2. The number of nitrogens with one attached hydrogen (secondary N) is 1. The maximum atomic E-state index is 14.3. The summed E-state index contributed by atoms with van der Waals surface area (Å²) in [6, 6.07) is 39.0. The van der Waals surface area contributed by atoms with Crippen molar-refractivity contribution < 1.29 is 18.8 Å².